The van der Waals surface area contributed by atoms with Gasteiger partial charge in [-0.1, -0.05) is 0 Å². The number of halogens is 2. The first kappa shape index (κ1) is 9.40. The van der Waals surface area contributed by atoms with Gasteiger partial charge in [0, 0.05) is 5.39 Å². The van der Waals surface area contributed by atoms with Crippen molar-refractivity contribution < 1.29 is 8.78 Å². The lowest BCUT2D eigenvalue weighted by Crippen LogP contribution is -1.99. The van der Waals surface area contributed by atoms with Crippen LogP contribution >= 0.6 is 0 Å². The second kappa shape index (κ2) is 3.20. The Morgan fingerprint density at radius 1 is 1.47 bits per heavy atom. The maximum absolute atomic E-state index is 12.5. The molecule has 0 saturated carbocycles. The highest BCUT2D eigenvalue weighted by atomic mass is 19.3. The molecule has 0 radical (unpaired) electrons. The molecular formula is C9H6F2N4. The second-order valence-electron chi connectivity index (χ2n) is 2.94. The minimum atomic E-state index is -2.72. The van der Waals surface area contributed by atoms with Gasteiger partial charge in [0.1, 0.15) is 6.07 Å². The molecule has 0 aliphatic rings. The third-order valence-electron chi connectivity index (χ3n) is 2.11. The van der Waals surface area contributed by atoms with Gasteiger partial charge in [-0.25, -0.2) is 4.68 Å². The van der Waals surface area contributed by atoms with Gasteiger partial charge in [0.15, 0.2) is 0 Å². The Hall–Kier alpha value is -2.16. The number of aromatic nitrogens is 2. The van der Waals surface area contributed by atoms with Crippen LogP contribution in [0.5, 0.6) is 0 Å². The minimum Gasteiger partial charge on any atom is -0.398 e. The fraction of sp³-hybridized carbons (Fsp3) is 0.111. The zero-order valence-electron chi connectivity index (χ0n) is 7.48. The second-order valence-corrected chi connectivity index (χ2v) is 2.94. The van der Waals surface area contributed by atoms with E-state index < -0.39 is 6.55 Å². The van der Waals surface area contributed by atoms with Crippen LogP contribution in [-0.2, 0) is 0 Å². The van der Waals surface area contributed by atoms with E-state index in [1.165, 1.54) is 18.3 Å². The number of anilines is 1. The topological polar surface area (TPSA) is 67.6 Å². The van der Waals surface area contributed by atoms with E-state index >= 15 is 0 Å². The van der Waals surface area contributed by atoms with E-state index in [4.69, 9.17) is 11.0 Å². The van der Waals surface area contributed by atoms with E-state index in [1.807, 2.05) is 6.07 Å². The molecule has 0 unspecified atom stereocenters. The van der Waals surface area contributed by atoms with Crippen LogP contribution in [0.4, 0.5) is 14.5 Å². The molecule has 15 heavy (non-hydrogen) atoms. The zero-order valence-corrected chi connectivity index (χ0v) is 7.48. The Kier molecular flexibility index (Phi) is 2.01. The van der Waals surface area contributed by atoms with Gasteiger partial charge in [-0.3, -0.25) is 0 Å². The molecule has 6 heteroatoms. The van der Waals surface area contributed by atoms with Gasteiger partial charge in [-0.2, -0.15) is 19.1 Å². The van der Waals surface area contributed by atoms with E-state index in [9.17, 15) is 8.78 Å². The molecule has 2 rings (SSSR count). The van der Waals surface area contributed by atoms with Crippen molar-refractivity contribution in [1.29, 1.82) is 5.26 Å². The van der Waals surface area contributed by atoms with E-state index in [0.717, 1.165) is 0 Å². The summed E-state index contributed by atoms with van der Waals surface area (Å²) < 4.78 is 25.5. The normalized spacial score (nSPS) is 10.8. The molecular weight excluding hydrogens is 202 g/mol. The number of benzene rings is 1. The van der Waals surface area contributed by atoms with Crippen molar-refractivity contribution in [2.24, 2.45) is 0 Å². The highest BCUT2D eigenvalue weighted by molar-refractivity contribution is 5.89. The number of hydrogen-bond acceptors (Lipinski definition) is 3. The number of nitrogen functional groups attached to an aromatic ring is 1. The molecule has 0 aliphatic heterocycles. The Morgan fingerprint density at radius 2 is 2.20 bits per heavy atom. The van der Waals surface area contributed by atoms with Crippen LogP contribution in [0.25, 0.3) is 10.9 Å². The van der Waals surface area contributed by atoms with Crippen LogP contribution in [0.1, 0.15) is 12.1 Å². The van der Waals surface area contributed by atoms with E-state index in [0.29, 0.717) is 10.1 Å². The summed E-state index contributed by atoms with van der Waals surface area (Å²) in [5.41, 5.74) is 6.18. The lowest BCUT2D eigenvalue weighted by atomic mass is 10.1. The van der Waals surface area contributed by atoms with Crippen molar-refractivity contribution in [3.05, 3.63) is 23.9 Å². The molecule has 0 atom stereocenters. The summed E-state index contributed by atoms with van der Waals surface area (Å²) in [7, 11) is 0. The van der Waals surface area contributed by atoms with E-state index in [-0.39, 0.29) is 16.8 Å². The van der Waals surface area contributed by atoms with Crippen molar-refractivity contribution in [2.45, 2.75) is 6.55 Å². The summed E-state index contributed by atoms with van der Waals surface area (Å²) in [4.78, 5) is 0. The standard InChI is InChI=1S/C9H6F2N4/c10-9(11)15-8-2-1-7(13)5(3-12)6(8)4-14-15/h1-2,4,9H,13H2. The highest BCUT2D eigenvalue weighted by Gasteiger charge is 2.14. The molecule has 0 amide bonds. The molecule has 1 aromatic carbocycles. The first-order valence-electron chi connectivity index (χ1n) is 4.09. The van der Waals surface area contributed by atoms with Gasteiger partial charge in [0.05, 0.1) is 23.0 Å². The summed E-state index contributed by atoms with van der Waals surface area (Å²) >= 11 is 0. The molecule has 0 aliphatic carbocycles. The van der Waals surface area contributed by atoms with Crippen LogP contribution in [0, 0.1) is 11.3 Å². The van der Waals surface area contributed by atoms with Crippen molar-refractivity contribution in [3.8, 4) is 6.07 Å². The Bertz CT molecular complexity index is 553. The lowest BCUT2D eigenvalue weighted by Gasteiger charge is -2.02. The molecule has 1 aromatic heterocycles. The number of rotatable bonds is 1. The Balaban J connectivity index is 2.82. The Morgan fingerprint density at radius 3 is 2.80 bits per heavy atom. The molecule has 0 saturated heterocycles. The fourth-order valence-electron chi connectivity index (χ4n) is 1.42. The third-order valence-corrected chi connectivity index (χ3v) is 2.11. The molecule has 2 aromatic rings. The van der Waals surface area contributed by atoms with Gasteiger partial charge < -0.3 is 5.73 Å². The summed E-state index contributed by atoms with van der Waals surface area (Å²) in [6.45, 7) is -2.72. The number of fused-ring (bicyclic) bond motifs is 1. The largest absolute Gasteiger partial charge is 0.398 e. The van der Waals surface area contributed by atoms with Crippen molar-refractivity contribution in [2.75, 3.05) is 5.73 Å². The lowest BCUT2D eigenvalue weighted by molar-refractivity contribution is 0.0615. The van der Waals surface area contributed by atoms with Crippen LogP contribution in [0.2, 0.25) is 0 Å². The Labute approximate surface area is 83.5 Å². The van der Waals surface area contributed by atoms with E-state index in [2.05, 4.69) is 5.10 Å². The summed E-state index contributed by atoms with van der Waals surface area (Å²) in [5.74, 6) is 0. The van der Waals surface area contributed by atoms with Gasteiger partial charge in [0.25, 0.3) is 0 Å². The van der Waals surface area contributed by atoms with Gasteiger partial charge in [0.2, 0.25) is 0 Å². The quantitative estimate of drug-likeness (QED) is 0.727. The summed E-state index contributed by atoms with van der Waals surface area (Å²) in [5, 5.41) is 12.7. The van der Waals surface area contributed by atoms with Crippen LogP contribution in [-0.4, -0.2) is 9.78 Å². The predicted octanol–water partition coefficient (Wildman–Crippen LogP) is 1.89. The number of alkyl halides is 2. The van der Waals surface area contributed by atoms with Crippen molar-refractivity contribution in [3.63, 3.8) is 0 Å². The zero-order chi connectivity index (χ0) is 11.0. The predicted molar refractivity (Wildman–Crippen MR) is 50.1 cm³/mol. The maximum Gasteiger partial charge on any atom is 0.333 e. The molecule has 2 N–H and O–H groups in total. The van der Waals surface area contributed by atoms with E-state index in [1.54, 1.807) is 0 Å². The molecule has 0 bridgehead atoms. The average Bonchev–Trinajstić information content (AvgIpc) is 2.61. The molecule has 0 fully saturated rings. The minimum absolute atomic E-state index is 0.180. The maximum atomic E-state index is 12.5. The van der Waals surface area contributed by atoms with Crippen LogP contribution in [0.3, 0.4) is 0 Å². The highest BCUT2D eigenvalue weighted by Crippen LogP contribution is 2.25. The number of hydrogen-bond donors (Lipinski definition) is 1. The molecule has 0 spiro atoms. The monoisotopic (exact) mass is 208 g/mol. The SMILES string of the molecule is N#Cc1c(N)ccc2c1cnn2C(F)F. The van der Waals surface area contributed by atoms with Crippen LogP contribution < -0.4 is 5.73 Å². The average molecular weight is 208 g/mol. The molecule has 76 valence electrons. The molecule has 1 heterocycles. The first-order chi connectivity index (χ1) is 7.15. The summed E-state index contributed by atoms with van der Waals surface area (Å²) in [6, 6.07) is 4.71. The molecule has 4 nitrogen and oxygen atoms in total. The van der Waals surface area contributed by atoms with Gasteiger partial charge in [-0.15, -0.1) is 0 Å². The van der Waals surface area contributed by atoms with Crippen molar-refractivity contribution in [1.82, 2.24) is 9.78 Å². The van der Waals surface area contributed by atoms with Crippen LogP contribution in [0.15, 0.2) is 18.3 Å². The van der Waals surface area contributed by atoms with Gasteiger partial charge >= 0.3 is 6.55 Å². The smallest absolute Gasteiger partial charge is 0.333 e. The van der Waals surface area contributed by atoms with Crippen molar-refractivity contribution >= 4 is 16.6 Å². The number of nitrogens with two attached hydrogens (primary N) is 1. The number of nitriles is 1. The van der Waals surface area contributed by atoms with Gasteiger partial charge in [-0.05, 0) is 12.1 Å². The fourth-order valence-corrected chi connectivity index (χ4v) is 1.42. The summed E-state index contributed by atoms with van der Waals surface area (Å²) in [6.07, 6.45) is 1.22. The first-order valence-corrected chi connectivity index (χ1v) is 4.09. The third kappa shape index (κ3) is 1.29. The number of nitrogens with zero attached hydrogens (tertiary/aromatic N) is 3.